The second-order valence-corrected chi connectivity index (χ2v) is 10.9. The van der Waals surface area contributed by atoms with Gasteiger partial charge in [0.05, 0.1) is 41.3 Å². The summed E-state index contributed by atoms with van der Waals surface area (Å²) in [6, 6.07) is 3.78. The Morgan fingerprint density at radius 2 is 1.21 bits per heavy atom. The molecule has 23 nitrogen and oxygen atoms in total. The van der Waals surface area contributed by atoms with Gasteiger partial charge in [0.2, 0.25) is 35.6 Å². The Bertz CT molecular complexity index is 1490. The van der Waals surface area contributed by atoms with E-state index < -0.39 is 41.3 Å². The fourth-order valence-electron chi connectivity index (χ4n) is 2.91. The molecule has 0 aliphatic rings. The minimum atomic E-state index is -4.52. The maximum absolute atomic E-state index is 10.9. The number of nitrogens with zero attached hydrogens (tertiary/aromatic N) is 7. The number of nitrogens with one attached hydrogen (secondary N) is 4. The molecule has 0 amide bonds. The van der Waals surface area contributed by atoms with E-state index in [0.29, 0.717) is 0 Å². The van der Waals surface area contributed by atoms with Crippen molar-refractivity contribution in [3.63, 3.8) is 0 Å². The number of ether oxygens (including phenoxy) is 2. The van der Waals surface area contributed by atoms with E-state index in [1.54, 1.807) is 0 Å². The molecule has 8 N–H and O–H groups in total. The molecule has 0 radical (unpaired) electrons. The van der Waals surface area contributed by atoms with E-state index in [0.717, 1.165) is 12.0 Å². The van der Waals surface area contributed by atoms with Crippen molar-refractivity contribution >= 4 is 46.0 Å². The quantitative estimate of drug-likeness (QED) is 0.0118. The molecule has 2 unspecified atom stereocenters. The molecule has 254 valence electrons. The monoisotopic (exact) mass is 737 g/mol. The Morgan fingerprint density at radius 1 is 0.750 bits per heavy atom. The summed E-state index contributed by atoms with van der Waals surface area (Å²) in [5.74, 6) is -0.938. The van der Waals surface area contributed by atoms with Crippen molar-refractivity contribution in [3.05, 3.63) is 18.2 Å². The first-order chi connectivity index (χ1) is 22.1. The molecule has 0 aliphatic heterocycles. The topological polar surface area (TPSA) is 336 Å². The summed E-state index contributed by atoms with van der Waals surface area (Å²) in [5, 5.41) is 61.4. The van der Waals surface area contributed by atoms with Crippen LogP contribution < -0.4 is 95.1 Å². The van der Waals surface area contributed by atoms with Crippen LogP contribution in [0.4, 0.5) is 23.8 Å². The van der Waals surface area contributed by atoms with Crippen LogP contribution in [0.3, 0.4) is 0 Å². The molecule has 0 spiro atoms. The number of aliphatic hydroxyl groups is 4. The van der Waals surface area contributed by atoms with Gasteiger partial charge in [-0.3, -0.25) is 5.04 Å². The van der Waals surface area contributed by atoms with Gasteiger partial charge in [-0.2, -0.15) is 39.2 Å². The normalized spacial score (nSPS) is 12.1. The van der Waals surface area contributed by atoms with Crippen molar-refractivity contribution in [3.8, 4) is 23.8 Å². The molecule has 27 heteroatoms. The predicted molar refractivity (Wildman–Crippen MR) is 153 cm³/mol. The Balaban J connectivity index is 0.00000576. The summed E-state index contributed by atoms with van der Waals surface area (Å²) in [6.07, 6.45) is -2.25. The average molecular weight is 738 g/mol. The van der Waals surface area contributed by atoms with Gasteiger partial charge < -0.3 is 61.0 Å². The third-order valence-corrected chi connectivity index (χ3v) is 6.14. The van der Waals surface area contributed by atoms with Crippen LogP contribution in [0.25, 0.3) is 0 Å². The zero-order valence-corrected chi connectivity index (χ0v) is 31.2. The van der Waals surface area contributed by atoms with Crippen molar-refractivity contribution in [2.45, 2.75) is 12.2 Å². The van der Waals surface area contributed by atoms with Crippen LogP contribution in [-0.2, 0) is 19.5 Å². The van der Waals surface area contributed by atoms with Crippen LogP contribution in [-0.4, -0.2) is 131 Å². The molecule has 2 atom stereocenters. The van der Waals surface area contributed by atoms with Gasteiger partial charge in [-0.25, -0.2) is 8.42 Å². The van der Waals surface area contributed by atoms with Crippen molar-refractivity contribution < 1.29 is 117 Å². The molecule has 48 heavy (non-hydrogen) atoms. The van der Waals surface area contributed by atoms with Gasteiger partial charge in [0.15, 0.2) is 0 Å². The number of aliphatic hydroxyl groups excluding tert-OH is 4. The molecule has 0 saturated heterocycles. The maximum atomic E-state index is 10.9. The smallest absolute Gasteiger partial charge is 0.748 e. The second-order valence-electron chi connectivity index (χ2n) is 8.56. The van der Waals surface area contributed by atoms with Gasteiger partial charge in [-0.1, -0.05) is 6.07 Å². The largest absolute Gasteiger partial charge is 1.00 e. The number of rotatable bonds is 22. The first-order valence-electron chi connectivity index (χ1n) is 13.0. The minimum absolute atomic E-state index is 0. The van der Waals surface area contributed by atoms with Gasteiger partial charge in [0.25, 0.3) is 0 Å². The molecule has 0 saturated carbocycles. The number of hydrogen-bond acceptors (Lipinski definition) is 24. The van der Waals surface area contributed by atoms with E-state index in [-0.39, 0.29) is 139 Å². The van der Waals surface area contributed by atoms with E-state index >= 15 is 0 Å². The van der Waals surface area contributed by atoms with Crippen molar-refractivity contribution in [2.75, 3.05) is 72.2 Å². The Kier molecular flexibility index (Phi) is 21.4. The fraction of sp³-hybridized carbons (Fsp3) is 0.476. The van der Waals surface area contributed by atoms with Crippen LogP contribution in [0.2, 0.25) is 0 Å². The standard InChI is InChI=1S/C21H31N11O12S2.2Na/c33-10-12(35)8-24-18-27-16(22-4-6-45-44-43-37)29-20(31-18)41-14-2-1-3-15(26-14)42-21-30-17(23-5-7-46(38,39)40)28-19(32-21)25-9-13(36)11-34;;/h1-3,12-13,33-37H,4-11H2,(H,38,39,40)(H2,22,24,27,29,31)(H2,23,25,28,30,32);;/q;2*+1/p-2. The summed E-state index contributed by atoms with van der Waals surface area (Å²) in [7, 11) is -4.52. The molecule has 3 rings (SSSR count). The molecule has 0 aromatic carbocycles. The maximum Gasteiger partial charge on any atom is 1.00 e. The van der Waals surface area contributed by atoms with E-state index in [1.807, 2.05) is 0 Å². The van der Waals surface area contributed by atoms with Crippen molar-refractivity contribution in [2.24, 2.45) is 0 Å². The van der Waals surface area contributed by atoms with Gasteiger partial charge in [0.1, 0.15) is 0 Å². The van der Waals surface area contributed by atoms with E-state index in [2.05, 4.69) is 65.5 Å². The molecular formula is C21H29N11Na2O12S2. The summed E-state index contributed by atoms with van der Waals surface area (Å²) in [4.78, 5) is 28.6. The minimum Gasteiger partial charge on any atom is -0.748 e. The zero-order valence-electron chi connectivity index (χ0n) is 25.5. The third-order valence-electron chi connectivity index (χ3n) is 4.91. The molecule has 3 heterocycles. The zero-order chi connectivity index (χ0) is 33.4. The van der Waals surface area contributed by atoms with E-state index in [1.165, 1.54) is 18.2 Å². The van der Waals surface area contributed by atoms with Crippen LogP contribution in [0, 0.1) is 0 Å². The van der Waals surface area contributed by atoms with Crippen molar-refractivity contribution in [1.82, 2.24) is 34.9 Å². The summed E-state index contributed by atoms with van der Waals surface area (Å²) < 4.78 is 48.3. The fourth-order valence-corrected chi connectivity index (χ4v) is 3.56. The number of anilines is 4. The number of aromatic nitrogens is 7. The summed E-state index contributed by atoms with van der Waals surface area (Å²) in [5.41, 5.74) is 0. The Hall–Kier alpha value is -2.05. The third kappa shape index (κ3) is 17.6. The SMILES string of the molecule is O=S(=O)([O-])CCNc1nc(NCC(O)CO)nc(Oc2cccc(Oc3nc(NCCSOO[O-])nc(NCC(O)CO)n3)n2)n1.[Na+].[Na+]. The second kappa shape index (κ2) is 23.4. The van der Waals surface area contributed by atoms with Crippen molar-refractivity contribution in [1.29, 1.82) is 0 Å². The van der Waals surface area contributed by atoms with E-state index in [9.17, 15) is 28.4 Å². The molecular weight excluding hydrogens is 708 g/mol. The number of pyridine rings is 1. The van der Waals surface area contributed by atoms with Crippen LogP contribution in [0.5, 0.6) is 23.8 Å². The summed E-state index contributed by atoms with van der Waals surface area (Å²) in [6.45, 7) is -1.41. The van der Waals surface area contributed by atoms with Crippen LogP contribution in [0.15, 0.2) is 18.2 Å². The average Bonchev–Trinajstić information content (AvgIpc) is 3.01. The molecule has 0 fully saturated rings. The van der Waals surface area contributed by atoms with Gasteiger partial charge in [-0.05, 0) is 0 Å². The van der Waals surface area contributed by atoms with Gasteiger partial charge >= 0.3 is 71.1 Å². The molecule has 0 aliphatic carbocycles. The molecule has 3 aromatic rings. The van der Waals surface area contributed by atoms with Gasteiger partial charge in [-0.15, -0.1) is 0 Å². The molecule has 0 bridgehead atoms. The number of hydrogen-bond donors (Lipinski definition) is 8. The first-order valence-corrected chi connectivity index (χ1v) is 15.5. The van der Waals surface area contributed by atoms with Gasteiger partial charge in [0, 0.05) is 56.1 Å². The Morgan fingerprint density at radius 3 is 1.65 bits per heavy atom. The summed E-state index contributed by atoms with van der Waals surface area (Å²) >= 11 is 0.734. The van der Waals surface area contributed by atoms with Crippen LogP contribution >= 0.6 is 12.0 Å². The molecule has 3 aromatic heterocycles. The first kappa shape index (κ1) is 44.0. The Labute approximate surface area is 321 Å². The van der Waals surface area contributed by atoms with E-state index in [4.69, 9.17) is 19.7 Å². The predicted octanol–water partition coefficient (Wildman–Crippen LogP) is -9.18. The van der Waals surface area contributed by atoms with Crippen LogP contribution in [0.1, 0.15) is 0 Å².